The summed E-state index contributed by atoms with van der Waals surface area (Å²) in [4.78, 5) is 0. The van der Waals surface area contributed by atoms with Crippen LogP contribution in [0.5, 0.6) is 0 Å². The maximum absolute atomic E-state index is 5.30. The van der Waals surface area contributed by atoms with Crippen LogP contribution < -0.4 is 0 Å². The van der Waals surface area contributed by atoms with Crippen LogP contribution in [0.15, 0.2) is 0 Å². The Morgan fingerprint density at radius 2 is 1.12 bits per heavy atom. The average molecular weight is 234 g/mol. The Balaban J connectivity index is 3.21. The molecule has 0 bridgehead atoms. The van der Waals surface area contributed by atoms with E-state index in [0.717, 1.165) is 12.8 Å². The molecule has 0 spiro atoms. The van der Waals surface area contributed by atoms with Gasteiger partial charge in [-0.15, -0.1) is 11.8 Å². The third-order valence-corrected chi connectivity index (χ3v) is 2.41. The molecule has 1 heteroatoms. The first kappa shape index (κ1) is 16.1. The molecule has 0 amide bonds. The van der Waals surface area contributed by atoms with Crippen molar-refractivity contribution in [1.29, 1.82) is 0 Å². The zero-order valence-corrected chi connectivity index (χ0v) is 11.5. The molecule has 0 aromatic carbocycles. The van der Waals surface area contributed by atoms with Crippen LogP contribution in [0.3, 0.4) is 0 Å². The van der Waals surface area contributed by atoms with E-state index in [-0.39, 0.29) is 0 Å². The van der Waals surface area contributed by atoms with Gasteiger partial charge in [-0.3, -0.25) is 0 Å². The molecule has 0 saturated carbocycles. The van der Waals surface area contributed by atoms with Crippen molar-refractivity contribution >= 4 is 0 Å². The summed E-state index contributed by atoms with van der Waals surface area (Å²) in [6.45, 7) is 5.46. The molecular formula is C16H26O. The molecule has 0 aromatic heterocycles. The summed E-state index contributed by atoms with van der Waals surface area (Å²) >= 11 is 0. The lowest BCUT2D eigenvalue weighted by atomic mass is 10.2. The summed E-state index contributed by atoms with van der Waals surface area (Å²) in [5.74, 6) is 12.3. The first-order chi connectivity index (χ1) is 8.41. The fraction of sp³-hybridized carbons (Fsp3) is 0.750. The normalized spacial score (nSPS) is 9.06. The van der Waals surface area contributed by atoms with Crippen LogP contribution in [0, 0.1) is 23.7 Å². The SMILES string of the molecule is CCCCCC#CCOCC#CCCCCC. The quantitative estimate of drug-likeness (QED) is 0.452. The van der Waals surface area contributed by atoms with Crippen LogP contribution in [0.2, 0.25) is 0 Å². The number of ether oxygens (including phenoxy) is 1. The van der Waals surface area contributed by atoms with Crippen molar-refractivity contribution < 1.29 is 4.74 Å². The molecule has 1 nitrogen and oxygen atoms in total. The first-order valence-corrected chi connectivity index (χ1v) is 6.91. The second kappa shape index (κ2) is 15.1. The van der Waals surface area contributed by atoms with Crippen LogP contribution in [0.1, 0.15) is 65.2 Å². The summed E-state index contributed by atoms with van der Waals surface area (Å²) in [5, 5.41) is 0. The Bertz CT molecular complexity index is 231. The minimum Gasteiger partial charge on any atom is -0.356 e. The molecule has 0 rings (SSSR count). The molecule has 0 fully saturated rings. The van der Waals surface area contributed by atoms with Gasteiger partial charge in [-0.2, -0.15) is 0 Å². The Morgan fingerprint density at radius 3 is 1.53 bits per heavy atom. The predicted molar refractivity (Wildman–Crippen MR) is 74.7 cm³/mol. The van der Waals surface area contributed by atoms with Gasteiger partial charge in [-0.25, -0.2) is 0 Å². The molecule has 17 heavy (non-hydrogen) atoms. The maximum Gasteiger partial charge on any atom is 0.109 e. The Morgan fingerprint density at radius 1 is 0.647 bits per heavy atom. The lowest BCUT2D eigenvalue weighted by Crippen LogP contribution is -1.91. The van der Waals surface area contributed by atoms with Crippen molar-refractivity contribution in [2.75, 3.05) is 13.2 Å². The van der Waals surface area contributed by atoms with Crippen molar-refractivity contribution in [3.63, 3.8) is 0 Å². The third-order valence-electron chi connectivity index (χ3n) is 2.41. The molecule has 0 radical (unpaired) electrons. The molecule has 0 saturated heterocycles. The molecule has 96 valence electrons. The van der Waals surface area contributed by atoms with Gasteiger partial charge in [0.1, 0.15) is 13.2 Å². The first-order valence-electron chi connectivity index (χ1n) is 6.91. The standard InChI is InChI=1S/C16H26O/c1-3-5-7-9-11-13-15-17-16-14-12-10-8-6-4-2/h3-10,15-16H2,1-2H3. The van der Waals surface area contributed by atoms with E-state index in [1.54, 1.807) is 0 Å². The molecule has 0 aromatic rings. The minimum absolute atomic E-state index is 0.524. The fourth-order valence-corrected chi connectivity index (χ4v) is 1.36. The van der Waals surface area contributed by atoms with Gasteiger partial charge in [0, 0.05) is 12.8 Å². The second-order valence-corrected chi connectivity index (χ2v) is 4.11. The molecule has 0 aliphatic heterocycles. The van der Waals surface area contributed by atoms with E-state index in [2.05, 4.69) is 37.5 Å². The minimum atomic E-state index is 0.524. The zero-order chi connectivity index (χ0) is 12.6. The summed E-state index contributed by atoms with van der Waals surface area (Å²) in [6, 6.07) is 0. The van der Waals surface area contributed by atoms with Gasteiger partial charge in [0.15, 0.2) is 0 Å². The third kappa shape index (κ3) is 15.1. The molecule has 0 aliphatic carbocycles. The van der Waals surface area contributed by atoms with E-state index in [4.69, 9.17) is 4.74 Å². The number of hydrogen-bond donors (Lipinski definition) is 0. The van der Waals surface area contributed by atoms with Crippen LogP contribution in [0.4, 0.5) is 0 Å². The van der Waals surface area contributed by atoms with Gasteiger partial charge in [0.05, 0.1) is 0 Å². The van der Waals surface area contributed by atoms with Crippen LogP contribution in [-0.2, 0) is 4.74 Å². The largest absolute Gasteiger partial charge is 0.356 e. The van der Waals surface area contributed by atoms with E-state index < -0.39 is 0 Å². The van der Waals surface area contributed by atoms with Gasteiger partial charge >= 0.3 is 0 Å². The molecule has 0 unspecified atom stereocenters. The highest BCUT2D eigenvalue weighted by atomic mass is 16.5. The molecular weight excluding hydrogens is 208 g/mol. The monoisotopic (exact) mass is 234 g/mol. The fourth-order valence-electron chi connectivity index (χ4n) is 1.36. The van der Waals surface area contributed by atoms with E-state index in [1.807, 2.05) is 0 Å². The van der Waals surface area contributed by atoms with Gasteiger partial charge < -0.3 is 4.74 Å². The number of hydrogen-bond acceptors (Lipinski definition) is 1. The van der Waals surface area contributed by atoms with Crippen LogP contribution in [0.25, 0.3) is 0 Å². The Hall–Kier alpha value is -0.920. The van der Waals surface area contributed by atoms with Crippen molar-refractivity contribution in [1.82, 2.24) is 0 Å². The highest BCUT2D eigenvalue weighted by Crippen LogP contribution is 1.97. The lowest BCUT2D eigenvalue weighted by molar-refractivity contribution is 0.204. The number of rotatable bonds is 8. The van der Waals surface area contributed by atoms with Gasteiger partial charge in [0.25, 0.3) is 0 Å². The Labute approximate surface area is 107 Å². The van der Waals surface area contributed by atoms with Gasteiger partial charge in [-0.05, 0) is 12.8 Å². The Kier molecular flexibility index (Phi) is 14.3. The highest BCUT2D eigenvalue weighted by molar-refractivity contribution is 5.01. The second-order valence-electron chi connectivity index (χ2n) is 4.11. The average Bonchev–Trinajstić information content (AvgIpc) is 2.35. The summed E-state index contributed by atoms with van der Waals surface area (Å²) in [5.41, 5.74) is 0. The lowest BCUT2D eigenvalue weighted by Gasteiger charge is -1.91. The summed E-state index contributed by atoms with van der Waals surface area (Å²) in [6.07, 6.45) is 9.48. The van der Waals surface area contributed by atoms with E-state index in [9.17, 15) is 0 Å². The van der Waals surface area contributed by atoms with Crippen molar-refractivity contribution in [3.05, 3.63) is 0 Å². The van der Waals surface area contributed by atoms with Crippen LogP contribution >= 0.6 is 0 Å². The topological polar surface area (TPSA) is 9.23 Å². The highest BCUT2D eigenvalue weighted by Gasteiger charge is 1.82. The van der Waals surface area contributed by atoms with Gasteiger partial charge in [0.2, 0.25) is 0 Å². The smallest absolute Gasteiger partial charge is 0.109 e. The molecule has 0 N–H and O–H groups in total. The van der Waals surface area contributed by atoms with E-state index in [1.165, 1.54) is 38.5 Å². The van der Waals surface area contributed by atoms with E-state index in [0.29, 0.717) is 13.2 Å². The van der Waals surface area contributed by atoms with E-state index >= 15 is 0 Å². The predicted octanol–water partition coefficient (Wildman–Crippen LogP) is 4.17. The van der Waals surface area contributed by atoms with Crippen molar-refractivity contribution in [3.8, 4) is 23.7 Å². The maximum atomic E-state index is 5.30. The van der Waals surface area contributed by atoms with Crippen molar-refractivity contribution in [2.24, 2.45) is 0 Å². The zero-order valence-electron chi connectivity index (χ0n) is 11.5. The summed E-state index contributed by atoms with van der Waals surface area (Å²) in [7, 11) is 0. The molecule has 0 aliphatic rings. The summed E-state index contributed by atoms with van der Waals surface area (Å²) < 4.78 is 5.30. The van der Waals surface area contributed by atoms with Crippen molar-refractivity contribution in [2.45, 2.75) is 65.2 Å². The molecule has 0 heterocycles. The van der Waals surface area contributed by atoms with Crippen LogP contribution in [-0.4, -0.2) is 13.2 Å². The number of unbranched alkanes of at least 4 members (excludes halogenated alkanes) is 6. The molecule has 0 atom stereocenters. The van der Waals surface area contributed by atoms with Gasteiger partial charge in [-0.1, -0.05) is 51.4 Å².